The molecule has 0 unspecified atom stereocenters. The molecule has 7 heteroatoms. The molecular formula is C20H21N3O4. The highest BCUT2D eigenvalue weighted by Gasteiger charge is 2.22. The lowest BCUT2D eigenvalue weighted by molar-refractivity contribution is -0.385. The Bertz CT molecular complexity index is 923. The Morgan fingerprint density at radius 3 is 2.63 bits per heavy atom. The maximum Gasteiger partial charge on any atom is 0.273 e. The third kappa shape index (κ3) is 3.81. The van der Waals surface area contributed by atoms with Gasteiger partial charge in [0.2, 0.25) is 5.91 Å². The summed E-state index contributed by atoms with van der Waals surface area (Å²) in [6.07, 6.45) is 2.46. The van der Waals surface area contributed by atoms with Crippen LogP contribution in [-0.4, -0.2) is 23.3 Å². The summed E-state index contributed by atoms with van der Waals surface area (Å²) in [5, 5.41) is 13.8. The van der Waals surface area contributed by atoms with E-state index < -0.39 is 10.8 Å². The van der Waals surface area contributed by atoms with Crippen molar-refractivity contribution >= 4 is 28.9 Å². The molecule has 1 heterocycles. The summed E-state index contributed by atoms with van der Waals surface area (Å²) in [5.74, 6) is -0.286. The number of carbonyl (C=O) groups excluding carboxylic acids is 2. The van der Waals surface area contributed by atoms with Crippen molar-refractivity contribution in [1.82, 2.24) is 0 Å². The fraction of sp³-hybridized carbons (Fsp3) is 0.300. The monoisotopic (exact) mass is 367 g/mol. The lowest BCUT2D eigenvalue weighted by Gasteiger charge is -2.28. The van der Waals surface area contributed by atoms with Crippen molar-refractivity contribution < 1.29 is 14.5 Å². The standard InChI is InChI=1S/C20H21N3O4/c1-13-12-15(9-10-17(13)22-11-4-3-8-19(22)24)21-20(25)16-6-5-7-18(14(16)2)23(26)27/h5-7,9-10,12H,3-4,8,11H2,1-2H3,(H,21,25). The van der Waals surface area contributed by atoms with Crippen LogP contribution in [0.25, 0.3) is 0 Å². The summed E-state index contributed by atoms with van der Waals surface area (Å²) >= 11 is 0. The molecule has 140 valence electrons. The van der Waals surface area contributed by atoms with Crippen LogP contribution < -0.4 is 10.2 Å². The number of nitrogens with zero attached hydrogens (tertiary/aromatic N) is 2. The molecule has 0 saturated carbocycles. The van der Waals surface area contributed by atoms with E-state index in [1.54, 1.807) is 24.0 Å². The van der Waals surface area contributed by atoms with Crippen LogP contribution in [-0.2, 0) is 4.79 Å². The predicted octanol–water partition coefficient (Wildman–Crippen LogP) is 3.98. The van der Waals surface area contributed by atoms with E-state index in [1.165, 1.54) is 12.1 Å². The zero-order chi connectivity index (χ0) is 19.6. The minimum absolute atomic E-state index is 0.0854. The number of hydrogen-bond donors (Lipinski definition) is 1. The summed E-state index contributed by atoms with van der Waals surface area (Å²) < 4.78 is 0. The van der Waals surface area contributed by atoms with E-state index in [0.29, 0.717) is 24.2 Å². The third-order valence-electron chi connectivity index (χ3n) is 4.82. The van der Waals surface area contributed by atoms with Crippen molar-refractivity contribution in [2.24, 2.45) is 0 Å². The number of nitro benzene ring substituents is 1. The first-order valence-electron chi connectivity index (χ1n) is 8.85. The molecule has 0 aromatic heterocycles. The molecule has 2 amide bonds. The molecule has 27 heavy (non-hydrogen) atoms. The lowest BCUT2D eigenvalue weighted by Crippen LogP contribution is -2.35. The van der Waals surface area contributed by atoms with Crippen LogP contribution in [0.2, 0.25) is 0 Å². The zero-order valence-electron chi connectivity index (χ0n) is 15.3. The molecule has 7 nitrogen and oxygen atoms in total. The number of benzene rings is 2. The van der Waals surface area contributed by atoms with Gasteiger partial charge in [-0.3, -0.25) is 19.7 Å². The van der Waals surface area contributed by atoms with Crippen LogP contribution in [0.5, 0.6) is 0 Å². The van der Waals surface area contributed by atoms with Crippen LogP contribution in [0.1, 0.15) is 40.7 Å². The van der Waals surface area contributed by atoms with Crippen LogP contribution in [0.4, 0.5) is 17.1 Å². The van der Waals surface area contributed by atoms with Crippen molar-refractivity contribution in [3.63, 3.8) is 0 Å². The van der Waals surface area contributed by atoms with Crippen LogP contribution >= 0.6 is 0 Å². The molecule has 0 spiro atoms. The summed E-state index contributed by atoms with van der Waals surface area (Å²) in [5.41, 5.74) is 2.82. The first-order chi connectivity index (χ1) is 12.9. The molecule has 1 saturated heterocycles. The Kier molecular flexibility index (Phi) is 5.21. The highest BCUT2D eigenvalue weighted by molar-refractivity contribution is 6.06. The molecule has 1 fully saturated rings. The molecular weight excluding hydrogens is 346 g/mol. The lowest BCUT2D eigenvalue weighted by atomic mass is 10.1. The maximum atomic E-state index is 12.6. The molecule has 2 aromatic carbocycles. The zero-order valence-corrected chi connectivity index (χ0v) is 15.3. The summed E-state index contributed by atoms with van der Waals surface area (Å²) in [6, 6.07) is 9.81. The molecule has 2 aromatic rings. The van der Waals surface area contributed by atoms with Gasteiger partial charge in [-0.25, -0.2) is 0 Å². The second-order valence-electron chi connectivity index (χ2n) is 6.66. The highest BCUT2D eigenvalue weighted by Crippen LogP contribution is 2.28. The highest BCUT2D eigenvalue weighted by atomic mass is 16.6. The maximum absolute atomic E-state index is 12.6. The number of piperidine rings is 1. The Morgan fingerprint density at radius 2 is 1.96 bits per heavy atom. The van der Waals surface area contributed by atoms with Crippen molar-refractivity contribution in [2.45, 2.75) is 33.1 Å². The van der Waals surface area contributed by atoms with Gasteiger partial charge >= 0.3 is 0 Å². The molecule has 1 N–H and O–H groups in total. The molecule has 1 aliphatic heterocycles. The number of rotatable bonds is 4. The van der Waals surface area contributed by atoms with E-state index in [0.717, 1.165) is 24.1 Å². The van der Waals surface area contributed by atoms with E-state index in [4.69, 9.17) is 0 Å². The van der Waals surface area contributed by atoms with E-state index in [-0.39, 0.29) is 17.2 Å². The van der Waals surface area contributed by atoms with E-state index in [9.17, 15) is 19.7 Å². The fourth-order valence-electron chi connectivity index (χ4n) is 3.36. The number of aryl methyl sites for hydroxylation is 1. The Balaban J connectivity index is 1.81. The van der Waals surface area contributed by atoms with Gasteiger partial charge in [-0.2, -0.15) is 0 Å². The molecule has 3 rings (SSSR count). The number of anilines is 2. The second-order valence-corrected chi connectivity index (χ2v) is 6.66. The second kappa shape index (κ2) is 7.57. The van der Waals surface area contributed by atoms with E-state index in [1.807, 2.05) is 19.1 Å². The van der Waals surface area contributed by atoms with Crippen LogP contribution in [0.15, 0.2) is 36.4 Å². The smallest absolute Gasteiger partial charge is 0.273 e. The molecule has 0 bridgehead atoms. The van der Waals surface area contributed by atoms with Gasteiger partial charge in [0.15, 0.2) is 0 Å². The van der Waals surface area contributed by atoms with Gasteiger partial charge in [0.1, 0.15) is 0 Å². The fourth-order valence-corrected chi connectivity index (χ4v) is 3.36. The average molecular weight is 367 g/mol. The predicted molar refractivity (Wildman–Crippen MR) is 103 cm³/mol. The summed E-state index contributed by atoms with van der Waals surface area (Å²) in [6.45, 7) is 4.16. The average Bonchev–Trinajstić information content (AvgIpc) is 2.62. The Labute approximate surface area is 157 Å². The van der Waals surface area contributed by atoms with Crippen molar-refractivity contribution in [2.75, 3.05) is 16.8 Å². The van der Waals surface area contributed by atoms with Crippen LogP contribution in [0, 0.1) is 24.0 Å². The van der Waals surface area contributed by atoms with Crippen molar-refractivity contribution in [1.29, 1.82) is 0 Å². The molecule has 0 atom stereocenters. The number of nitro groups is 1. The van der Waals surface area contributed by atoms with Crippen molar-refractivity contribution in [3.8, 4) is 0 Å². The summed E-state index contributed by atoms with van der Waals surface area (Å²) in [4.78, 5) is 37.0. The topological polar surface area (TPSA) is 92.5 Å². The summed E-state index contributed by atoms with van der Waals surface area (Å²) in [7, 11) is 0. The van der Waals surface area contributed by atoms with E-state index >= 15 is 0 Å². The Morgan fingerprint density at radius 1 is 1.19 bits per heavy atom. The van der Waals surface area contributed by atoms with Gasteiger partial charge in [-0.15, -0.1) is 0 Å². The number of hydrogen-bond acceptors (Lipinski definition) is 4. The third-order valence-corrected chi connectivity index (χ3v) is 4.82. The minimum atomic E-state index is -0.499. The quantitative estimate of drug-likeness (QED) is 0.653. The largest absolute Gasteiger partial charge is 0.322 e. The van der Waals surface area contributed by atoms with E-state index in [2.05, 4.69) is 5.32 Å². The van der Waals surface area contributed by atoms with Gasteiger partial charge in [0.05, 0.1) is 4.92 Å². The minimum Gasteiger partial charge on any atom is -0.322 e. The number of carbonyl (C=O) groups is 2. The van der Waals surface area contributed by atoms with Crippen LogP contribution in [0.3, 0.4) is 0 Å². The molecule has 0 aliphatic carbocycles. The number of nitrogens with one attached hydrogen (secondary N) is 1. The molecule has 1 aliphatic rings. The first kappa shape index (κ1) is 18.6. The van der Waals surface area contributed by atoms with Gasteiger partial charge in [-0.05, 0) is 56.5 Å². The molecule has 0 radical (unpaired) electrons. The SMILES string of the molecule is Cc1cc(NC(=O)c2cccc([N+](=O)[O-])c2C)ccc1N1CCCCC1=O. The normalized spacial score (nSPS) is 14.1. The van der Waals surface area contributed by atoms with Gasteiger partial charge in [-0.1, -0.05) is 6.07 Å². The first-order valence-corrected chi connectivity index (χ1v) is 8.85. The van der Waals surface area contributed by atoms with Gasteiger partial charge < -0.3 is 10.2 Å². The number of amides is 2. The van der Waals surface area contributed by atoms with Crippen molar-refractivity contribution in [3.05, 3.63) is 63.2 Å². The van der Waals surface area contributed by atoms with Gasteiger partial charge in [0, 0.05) is 41.5 Å². The Hall–Kier alpha value is -3.22. The van der Waals surface area contributed by atoms with Gasteiger partial charge in [0.25, 0.3) is 11.6 Å².